The average Bonchev–Trinajstić information content (AvgIpc) is 2.75. The summed E-state index contributed by atoms with van der Waals surface area (Å²) >= 11 is 0. The minimum Gasteiger partial charge on any atom is -0.497 e. The number of hydrogen-bond acceptors (Lipinski definition) is 4. The summed E-state index contributed by atoms with van der Waals surface area (Å²) < 4.78 is 5.26. The van der Waals surface area contributed by atoms with Gasteiger partial charge in [-0.15, -0.1) is 0 Å². The highest BCUT2D eigenvalue weighted by molar-refractivity contribution is 5.90. The van der Waals surface area contributed by atoms with Crippen LogP contribution < -0.4 is 15.6 Å². The molecule has 2 N–H and O–H groups in total. The van der Waals surface area contributed by atoms with Crippen molar-refractivity contribution in [2.75, 3.05) is 19.0 Å². The second kappa shape index (κ2) is 8.41. The minimum absolute atomic E-state index is 0.189. The van der Waals surface area contributed by atoms with Crippen molar-refractivity contribution in [2.24, 2.45) is 0 Å². The van der Waals surface area contributed by atoms with Crippen molar-refractivity contribution in [3.63, 3.8) is 0 Å². The highest BCUT2D eigenvalue weighted by Crippen LogP contribution is 2.19. The van der Waals surface area contributed by atoms with E-state index in [-0.39, 0.29) is 18.1 Å². The molecule has 30 heavy (non-hydrogen) atoms. The molecular weight excluding hydrogens is 380 g/mol. The third kappa shape index (κ3) is 4.20. The number of fused-ring (bicyclic) bond motifs is 1. The number of rotatable bonds is 4. The van der Waals surface area contributed by atoms with Crippen molar-refractivity contribution < 1.29 is 9.53 Å². The predicted octanol–water partition coefficient (Wildman–Crippen LogP) is 3.27. The van der Waals surface area contributed by atoms with Gasteiger partial charge in [0, 0.05) is 25.1 Å². The Bertz CT molecular complexity index is 1140. The number of urea groups is 1. The van der Waals surface area contributed by atoms with Crippen LogP contribution in [0.1, 0.15) is 28.2 Å². The van der Waals surface area contributed by atoms with E-state index in [9.17, 15) is 9.59 Å². The number of nitrogens with zero attached hydrogens (tertiary/aromatic N) is 2. The number of aryl methyl sites for hydroxylation is 1. The van der Waals surface area contributed by atoms with Crippen molar-refractivity contribution in [1.82, 2.24) is 14.9 Å². The van der Waals surface area contributed by atoms with Gasteiger partial charge in [0.05, 0.1) is 24.9 Å². The van der Waals surface area contributed by atoms with Crippen LogP contribution in [0.2, 0.25) is 0 Å². The summed E-state index contributed by atoms with van der Waals surface area (Å²) in [5, 5.41) is 2.93. The highest BCUT2D eigenvalue weighted by Gasteiger charge is 2.25. The van der Waals surface area contributed by atoms with Gasteiger partial charge in [0.15, 0.2) is 0 Å². The maximum Gasteiger partial charge on any atom is 0.322 e. The van der Waals surface area contributed by atoms with Gasteiger partial charge < -0.3 is 19.9 Å². The van der Waals surface area contributed by atoms with Crippen LogP contribution in [0.3, 0.4) is 0 Å². The summed E-state index contributed by atoms with van der Waals surface area (Å²) in [4.78, 5) is 34.6. The summed E-state index contributed by atoms with van der Waals surface area (Å²) in [5.74, 6) is 1.38. The van der Waals surface area contributed by atoms with Gasteiger partial charge in [-0.05, 0) is 36.2 Å². The molecule has 1 aliphatic rings. The van der Waals surface area contributed by atoms with Gasteiger partial charge in [-0.25, -0.2) is 9.78 Å². The molecule has 0 bridgehead atoms. The van der Waals surface area contributed by atoms with Crippen LogP contribution in [0.15, 0.2) is 53.3 Å². The summed E-state index contributed by atoms with van der Waals surface area (Å²) in [6, 6.07) is 15.1. The van der Waals surface area contributed by atoms with E-state index in [4.69, 9.17) is 4.74 Å². The quantitative estimate of drug-likeness (QED) is 0.699. The van der Waals surface area contributed by atoms with Gasteiger partial charge in [-0.2, -0.15) is 0 Å². The van der Waals surface area contributed by atoms with Gasteiger partial charge in [0.2, 0.25) is 0 Å². The number of carbonyl (C=O) groups is 1. The van der Waals surface area contributed by atoms with Crippen LogP contribution in [0.25, 0.3) is 0 Å². The summed E-state index contributed by atoms with van der Waals surface area (Å²) in [6.45, 7) is 2.70. The second-order valence-corrected chi connectivity index (χ2v) is 7.38. The van der Waals surface area contributed by atoms with E-state index in [0.29, 0.717) is 30.8 Å². The first kappa shape index (κ1) is 19.7. The molecule has 3 aromatic rings. The van der Waals surface area contributed by atoms with Crippen LogP contribution in [0.4, 0.5) is 10.5 Å². The standard InChI is InChI=1S/C23H24N4O3/c1-15-6-3-4-9-19(15)25-23(29)27-11-10-20-18(14-27)22(28)26-21(24-20)13-16-7-5-8-17(12-16)30-2/h3-9,12H,10-11,13-14H2,1-2H3,(H,25,29)(H,24,26,28). The number of amides is 2. The van der Waals surface area contributed by atoms with Crippen LogP contribution in [0, 0.1) is 6.92 Å². The number of carbonyl (C=O) groups excluding carboxylic acids is 1. The van der Waals surface area contributed by atoms with Crippen LogP contribution >= 0.6 is 0 Å². The van der Waals surface area contributed by atoms with Crippen LogP contribution in [-0.2, 0) is 19.4 Å². The molecule has 2 amide bonds. The second-order valence-electron chi connectivity index (χ2n) is 7.38. The fraction of sp³-hybridized carbons (Fsp3) is 0.261. The number of anilines is 1. The Hall–Kier alpha value is -3.61. The van der Waals surface area contributed by atoms with Gasteiger partial charge in [0.1, 0.15) is 11.6 Å². The molecule has 2 aromatic carbocycles. The molecule has 7 nitrogen and oxygen atoms in total. The molecule has 2 heterocycles. The lowest BCUT2D eigenvalue weighted by Gasteiger charge is -2.28. The summed E-state index contributed by atoms with van der Waals surface area (Å²) in [5.41, 5.74) is 3.89. The topological polar surface area (TPSA) is 87.3 Å². The number of aromatic nitrogens is 2. The molecule has 1 aromatic heterocycles. The van der Waals surface area contributed by atoms with E-state index >= 15 is 0 Å². The molecule has 0 saturated carbocycles. The summed E-state index contributed by atoms with van der Waals surface area (Å²) in [7, 11) is 1.62. The molecule has 0 aliphatic carbocycles. The Morgan fingerprint density at radius 3 is 2.87 bits per heavy atom. The first-order valence-corrected chi connectivity index (χ1v) is 9.89. The van der Waals surface area contributed by atoms with Gasteiger partial charge in [-0.1, -0.05) is 30.3 Å². The Morgan fingerprint density at radius 1 is 1.23 bits per heavy atom. The molecule has 0 atom stereocenters. The fourth-order valence-electron chi connectivity index (χ4n) is 3.62. The van der Waals surface area contributed by atoms with E-state index in [1.807, 2.05) is 55.5 Å². The molecule has 0 unspecified atom stereocenters. The SMILES string of the molecule is COc1cccc(Cc2nc3c(c(=O)[nH]2)CN(C(=O)Nc2ccccc2C)CC3)c1. The average molecular weight is 404 g/mol. The van der Waals surface area contributed by atoms with E-state index in [1.165, 1.54) is 0 Å². The minimum atomic E-state index is -0.213. The summed E-state index contributed by atoms with van der Waals surface area (Å²) in [6.07, 6.45) is 1.06. The molecular formula is C23H24N4O3. The number of H-pyrrole nitrogens is 1. The van der Waals surface area contributed by atoms with Crippen molar-refractivity contribution >= 4 is 11.7 Å². The van der Waals surface area contributed by atoms with Gasteiger partial charge in [-0.3, -0.25) is 4.79 Å². The predicted molar refractivity (Wildman–Crippen MR) is 115 cm³/mol. The molecule has 0 spiro atoms. The number of nitrogens with one attached hydrogen (secondary N) is 2. The Morgan fingerprint density at radius 2 is 2.07 bits per heavy atom. The number of para-hydroxylation sites is 1. The molecule has 0 radical (unpaired) electrons. The van der Waals surface area contributed by atoms with Crippen molar-refractivity contribution in [3.05, 3.63) is 87.1 Å². The molecule has 0 saturated heterocycles. The molecule has 0 fully saturated rings. The van der Waals surface area contributed by atoms with E-state index < -0.39 is 0 Å². The first-order valence-electron chi connectivity index (χ1n) is 9.89. The van der Waals surface area contributed by atoms with E-state index in [1.54, 1.807) is 12.0 Å². The zero-order valence-electron chi connectivity index (χ0n) is 17.1. The third-order valence-electron chi connectivity index (χ3n) is 5.30. The zero-order chi connectivity index (χ0) is 21.1. The lowest BCUT2D eigenvalue weighted by atomic mass is 10.1. The van der Waals surface area contributed by atoms with Crippen LogP contribution in [0.5, 0.6) is 5.75 Å². The molecule has 1 aliphatic heterocycles. The lowest BCUT2D eigenvalue weighted by molar-refractivity contribution is 0.205. The highest BCUT2D eigenvalue weighted by atomic mass is 16.5. The maximum atomic E-state index is 12.7. The largest absolute Gasteiger partial charge is 0.497 e. The van der Waals surface area contributed by atoms with Crippen LogP contribution in [-0.4, -0.2) is 34.6 Å². The van der Waals surface area contributed by atoms with Crippen molar-refractivity contribution in [3.8, 4) is 5.75 Å². The Balaban J connectivity index is 1.50. The maximum absolute atomic E-state index is 12.7. The smallest absolute Gasteiger partial charge is 0.322 e. The molecule has 4 rings (SSSR count). The number of ether oxygens (including phenoxy) is 1. The lowest BCUT2D eigenvalue weighted by Crippen LogP contribution is -2.42. The normalized spacial score (nSPS) is 12.9. The molecule has 7 heteroatoms. The monoisotopic (exact) mass is 404 g/mol. The van der Waals surface area contributed by atoms with Gasteiger partial charge >= 0.3 is 6.03 Å². The number of aromatic amines is 1. The number of methoxy groups -OCH3 is 1. The fourth-order valence-corrected chi connectivity index (χ4v) is 3.62. The van der Waals surface area contributed by atoms with Crippen molar-refractivity contribution in [2.45, 2.75) is 26.3 Å². The Kier molecular flexibility index (Phi) is 5.52. The zero-order valence-corrected chi connectivity index (χ0v) is 17.1. The number of hydrogen-bond donors (Lipinski definition) is 2. The Labute approximate surface area is 174 Å². The third-order valence-corrected chi connectivity index (χ3v) is 5.30. The van der Waals surface area contributed by atoms with Gasteiger partial charge in [0.25, 0.3) is 5.56 Å². The number of benzene rings is 2. The van der Waals surface area contributed by atoms with Crippen molar-refractivity contribution in [1.29, 1.82) is 0 Å². The van der Waals surface area contributed by atoms with E-state index in [2.05, 4.69) is 15.3 Å². The first-order chi connectivity index (χ1) is 14.5. The molecule has 154 valence electrons. The van der Waals surface area contributed by atoms with E-state index in [0.717, 1.165) is 28.3 Å².